The Hall–Kier alpha value is -1.89. The van der Waals surface area contributed by atoms with Gasteiger partial charge < -0.3 is 20.9 Å². The number of nitrogens with one attached hydrogen (secondary N) is 1. The minimum Gasteiger partial charge on any atom is -0.480 e. The molecule has 7 nitrogen and oxygen atoms in total. The minimum absolute atomic E-state index is 0.0531. The summed E-state index contributed by atoms with van der Waals surface area (Å²) in [6.45, 7) is 4.95. The van der Waals surface area contributed by atoms with Gasteiger partial charge in [0, 0.05) is 12.8 Å². The molecule has 0 aliphatic carbocycles. The summed E-state index contributed by atoms with van der Waals surface area (Å²) in [6, 6.07) is -0.850. The number of aliphatic carboxylic acids is 1. The molecule has 0 saturated heterocycles. The van der Waals surface area contributed by atoms with Crippen molar-refractivity contribution in [3.8, 4) is 0 Å². The van der Waals surface area contributed by atoms with Crippen LogP contribution in [0, 0.1) is 0 Å². The van der Waals surface area contributed by atoms with E-state index < -0.39 is 12.0 Å². The van der Waals surface area contributed by atoms with Crippen molar-refractivity contribution in [3.05, 3.63) is 12.2 Å². The van der Waals surface area contributed by atoms with Gasteiger partial charge in [0.1, 0.15) is 12.1 Å². The van der Waals surface area contributed by atoms with Gasteiger partial charge >= 0.3 is 11.9 Å². The highest BCUT2D eigenvalue weighted by Gasteiger charge is 2.18. The molecule has 54 heavy (non-hydrogen) atoms. The zero-order valence-electron chi connectivity index (χ0n) is 35.8. The van der Waals surface area contributed by atoms with Gasteiger partial charge in [-0.05, 0) is 64.0 Å². The van der Waals surface area contributed by atoms with Crippen molar-refractivity contribution in [3.63, 3.8) is 0 Å². The maximum Gasteiger partial charge on any atom is 0.326 e. The highest BCUT2D eigenvalue weighted by Crippen LogP contribution is 2.17. The molecule has 0 heterocycles. The fourth-order valence-electron chi connectivity index (χ4n) is 7.24. The Balaban J connectivity index is 4.11. The highest BCUT2D eigenvalue weighted by atomic mass is 16.5. The third-order valence-electron chi connectivity index (χ3n) is 10.8. The van der Waals surface area contributed by atoms with Crippen molar-refractivity contribution in [1.82, 2.24) is 5.32 Å². The van der Waals surface area contributed by atoms with Crippen molar-refractivity contribution < 1.29 is 24.2 Å². The normalized spacial score (nSPS) is 12.6. The molecule has 0 aromatic heterocycles. The molecular formula is C47H90N2O5. The van der Waals surface area contributed by atoms with Gasteiger partial charge in [-0.15, -0.1) is 0 Å². The molecule has 0 aromatic carbocycles. The Kier molecular flexibility index (Phi) is 40.8. The summed E-state index contributed by atoms with van der Waals surface area (Å²) in [5.41, 5.74) is 5.48. The predicted octanol–water partition coefficient (Wildman–Crippen LogP) is 13.5. The summed E-state index contributed by atoms with van der Waals surface area (Å²) in [7, 11) is 0. The predicted molar refractivity (Wildman–Crippen MR) is 230 cm³/mol. The quantitative estimate of drug-likeness (QED) is 0.0323. The molecule has 0 bridgehead atoms. The fourth-order valence-corrected chi connectivity index (χ4v) is 7.24. The molecule has 0 radical (unpaired) electrons. The first-order valence-corrected chi connectivity index (χ1v) is 23.5. The number of hydrogen-bond donors (Lipinski definition) is 3. The standard InChI is InChI=1S/C47H90N2O5/c1-3-5-7-9-11-13-14-15-16-17-18-19-20-21-22-23-25-31-35-41-46(51)54-43(37-32-28-24-12-10-8-6-4-2)38-33-29-26-27-30-34-40-45(50)49-44(47(52)53)39-36-42-48/h32,37,43-44H,3-31,33-36,38-42,48H2,1-2H3,(H,49,50)(H,52,53)/b37-32-. The average molecular weight is 763 g/mol. The van der Waals surface area contributed by atoms with Crippen LogP contribution in [0.1, 0.15) is 251 Å². The first kappa shape index (κ1) is 52.1. The molecule has 2 atom stereocenters. The van der Waals surface area contributed by atoms with Crippen molar-refractivity contribution in [2.75, 3.05) is 6.54 Å². The van der Waals surface area contributed by atoms with Gasteiger partial charge in [-0.25, -0.2) is 4.79 Å². The lowest BCUT2D eigenvalue weighted by molar-refractivity contribution is -0.147. The van der Waals surface area contributed by atoms with E-state index in [-0.39, 0.29) is 18.0 Å². The van der Waals surface area contributed by atoms with Gasteiger partial charge in [0.25, 0.3) is 0 Å². The third-order valence-corrected chi connectivity index (χ3v) is 10.8. The van der Waals surface area contributed by atoms with Gasteiger partial charge in [0.15, 0.2) is 0 Å². The molecule has 1 amide bonds. The molecule has 0 aliphatic rings. The molecule has 7 heteroatoms. The van der Waals surface area contributed by atoms with Crippen LogP contribution >= 0.6 is 0 Å². The summed E-state index contributed by atoms with van der Waals surface area (Å²) in [5, 5.41) is 11.9. The van der Waals surface area contributed by atoms with E-state index in [9.17, 15) is 19.5 Å². The molecule has 0 rings (SSSR count). The first-order chi connectivity index (χ1) is 26.4. The monoisotopic (exact) mass is 763 g/mol. The molecule has 318 valence electrons. The summed E-state index contributed by atoms with van der Waals surface area (Å²) in [6.07, 6.45) is 47.2. The Morgan fingerprint density at radius 2 is 0.944 bits per heavy atom. The number of allylic oxidation sites excluding steroid dienone is 1. The summed E-state index contributed by atoms with van der Waals surface area (Å²) in [4.78, 5) is 36.3. The van der Waals surface area contributed by atoms with E-state index in [0.717, 1.165) is 64.2 Å². The number of carbonyl (C=O) groups excluding carboxylic acids is 2. The summed E-state index contributed by atoms with van der Waals surface area (Å²) in [5.74, 6) is -1.25. The van der Waals surface area contributed by atoms with Crippen LogP contribution in [0.2, 0.25) is 0 Å². The molecule has 0 saturated carbocycles. The topological polar surface area (TPSA) is 119 Å². The lowest BCUT2D eigenvalue weighted by Crippen LogP contribution is -2.40. The number of carboxylic acids is 1. The Morgan fingerprint density at radius 1 is 0.537 bits per heavy atom. The maximum atomic E-state index is 12.8. The van der Waals surface area contributed by atoms with E-state index in [2.05, 4.69) is 31.3 Å². The van der Waals surface area contributed by atoms with Gasteiger partial charge in [0.05, 0.1) is 0 Å². The zero-order chi connectivity index (χ0) is 39.6. The van der Waals surface area contributed by atoms with E-state index in [1.54, 1.807) is 0 Å². The second-order valence-electron chi connectivity index (χ2n) is 16.2. The number of carbonyl (C=O) groups is 3. The van der Waals surface area contributed by atoms with Crippen molar-refractivity contribution in [2.24, 2.45) is 5.73 Å². The smallest absolute Gasteiger partial charge is 0.326 e. The number of ether oxygens (including phenoxy) is 1. The fraction of sp³-hybridized carbons (Fsp3) is 0.894. The average Bonchev–Trinajstić information content (AvgIpc) is 3.16. The number of rotatable bonds is 43. The van der Waals surface area contributed by atoms with E-state index in [4.69, 9.17) is 10.5 Å². The van der Waals surface area contributed by atoms with Gasteiger partial charge in [-0.2, -0.15) is 0 Å². The second-order valence-corrected chi connectivity index (χ2v) is 16.2. The maximum absolute atomic E-state index is 12.8. The van der Waals surface area contributed by atoms with E-state index >= 15 is 0 Å². The Bertz CT molecular complexity index is 863. The van der Waals surface area contributed by atoms with Crippen LogP contribution in [-0.4, -0.2) is 41.6 Å². The van der Waals surface area contributed by atoms with E-state index in [1.165, 1.54) is 148 Å². The van der Waals surface area contributed by atoms with Crippen LogP contribution in [0.15, 0.2) is 12.2 Å². The van der Waals surface area contributed by atoms with Crippen molar-refractivity contribution in [1.29, 1.82) is 0 Å². The SMILES string of the molecule is CCCCCCCC/C=C\C(CCCCCCCCC(=O)NC(CCCN)C(=O)O)OC(=O)CCCCCCCCCCCCCCCCCCCCC. The molecule has 0 aliphatic heterocycles. The summed E-state index contributed by atoms with van der Waals surface area (Å²) >= 11 is 0. The number of hydrogen-bond acceptors (Lipinski definition) is 5. The van der Waals surface area contributed by atoms with E-state index in [1.807, 2.05) is 0 Å². The highest BCUT2D eigenvalue weighted by molar-refractivity contribution is 5.83. The molecule has 0 spiro atoms. The molecule has 0 fully saturated rings. The molecule has 4 N–H and O–H groups in total. The minimum atomic E-state index is -1.00. The summed E-state index contributed by atoms with van der Waals surface area (Å²) < 4.78 is 5.97. The first-order valence-electron chi connectivity index (χ1n) is 23.5. The van der Waals surface area contributed by atoms with Crippen LogP contribution in [0.3, 0.4) is 0 Å². The van der Waals surface area contributed by atoms with Gasteiger partial charge in [-0.1, -0.05) is 193 Å². The number of esters is 1. The van der Waals surface area contributed by atoms with Crippen LogP contribution < -0.4 is 11.1 Å². The van der Waals surface area contributed by atoms with Crippen LogP contribution in [-0.2, 0) is 19.1 Å². The Morgan fingerprint density at radius 3 is 1.39 bits per heavy atom. The van der Waals surface area contributed by atoms with Gasteiger partial charge in [-0.3, -0.25) is 9.59 Å². The van der Waals surface area contributed by atoms with Gasteiger partial charge in [0.2, 0.25) is 5.91 Å². The number of nitrogens with two attached hydrogens (primary N) is 1. The number of amides is 1. The molecule has 2 unspecified atom stereocenters. The van der Waals surface area contributed by atoms with Crippen molar-refractivity contribution >= 4 is 17.8 Å². The lowest BCUT2D eigenvalue weighted by Gasteiger charge is -2.15. The van der Waals surface area contributed by atoms with E-state index in [0.29, 0.717) is 32.2 Å². The Labute approximate surface area is 334 Å². The van der Waals surface area contributed by atoms with Crippen LogP contribution in [0.5, 0.6) is 0 Å². The molecular weight excluding hydrogens is 673 g/mol. The largest absolute Gasteiger partial charge is 0.480 e. The zero-order valence-corrected chi connectivity index (χ0v) is 35.8. The number of carboxylic acid groups (broad SMARTS) is 1. The van der Waals surface area contributed by atoms with Crippen LogP contribution in [0.4, 0.5) is 0 Å². The molecule has 0 aromatic rings. The van der Waals surface area contributed by atoms with Crippen LogP contribution in [0.25, 0.3) is 0 Å². The third kappa shape index (κ3) is 38.4. The van der Waals surface area contributed by atoms with Crippen molar-refractivity contribution in [2.45, 2.75) is 264 Å². The number of unbranched alkanes of at least 4 members (excludes halogenated alkanes) is 29. The second kappa shape index (κ2) is 42.3. The lowest BCUT2D eigenvalue weighted by atomic mass is 10.0.